The summed E-state index contributed by atoms with van der Waals surface area (Å²) in [4.78, 5) is 28.3. The summed E-state index contributed by atoms with van der Waals surface area (Å²) in [5, 5.41) is 18.0. The lowest BCUT2D eigenvalue weighted by Crippen LogP contribution is -2.54. The number of esters is 1. The number of para-hydroxylation sites is 1. The van der Waals surface area contributed by atoms with Gasteiger partial charge in [0.25, 0.3) is 0 Å². The Kier molecular flexibility index (Phi) is 10.3. The molecule has 1 heterocycles. The van der Waals surface area contributed by atoms with Gasteiger partial charge in [0.1, 0.15) is 18.1 Å². The third kappa shape index (κ3) is 8.37. The van der Waals surface area contributed by atoms with E-state index in [4.69, 9.17) is 9.47 Å². The number of hydrogen-bond donors (Lipinski definition) is 4. The number of carbonyl (C=O) groups excluding carboxylic acids is 2. The van der Waals surface area contributed by atoms with E-state index in [0.717, 1.165) is 17.4 Å². The smallest absolute Gasteiger partial charge is 0.407 e. The topological polar surface area (TPSA) is 147 Å². The zero-order valence-electron chi connectivity index (χ0n) is 26.6. The molecule has 1 aromatic heterocycles. The Morgan fingerprint density at radius 1 is 1.09 bits per heavy atom. The average molecular weight is 666 g/mol. The number of ether oxygens (including phenoxy) is 2. The maximum Gasteiger partial charge on any atom is 0.407 e. The minimum absolute atomic E-state index is 0.0437. The summed E-state index contributed by atoms with van der Waals surface area (Å²) in [5.74, 6) is -1.60. The maximum absolute atomic E-state index is 15.1. The third-order valence-electron chi connectivity index (χ3n) is 8.39. The van der Waals surface area contributed by atoms with E-state index in [1.54, 1.807) is 13.0 Å². The van der Waals surface area contributed by atoms with Gasteiger partial charge in [0.15, 0.2) is 9.84 Å². The van der Waals surface area contributed by atoms with Crippen LogP contribution < -0.4 is 10.6 Å². The number of rotatable bonds is 13. The largest absolute Gasteiger partial charge is 0.461 e. The van der Waals surface area contributed by atoms with Crippen LogP contribution in [0, 0.1) is 11.7 Å². The number of carbonyl (C=O) groups is 2. The first-order valence-corrected chi connectivity index (χ1v) is 17.6. The second-order valence-corrected chi connectivity index (χ2v) is 14.4. The van der Waals surface area contributed by atoms with Crippen LogP contribution in [0.15, 0.2) is 66.7 Å². The van der Waals surface area contributed by atoms with Crippen molar-refractivity contribution in [3.8, 4) is 11.1 Å². The fraction of sp³-hybridized carbons (Fsp3) is 0.371. The Hall–Kier alpha value is -4.26. The number of sulfone groups is 1. The molecule has 1 unspecified atom stereocenters. The Balaban J connectivity index is 1.26. The van der Waals surface area contributed by atoms with E-state index in [2.05, 4.69) is 15.6 Å². The number of fused-ring (bicyclic) bond motifs is 1. The number of aromatic nitrogens is 1. The molecule has 1 saturated carbocycles. The van der Waals surface area contributed by atoms with Crippen LogP contribution in [0.25, 0.3) is 22.0 Å². The predicted octanol–water partition coefficient (Wildman–Crippen LogP) is 5.41. The molecule has 12 heteroatoms. The molecule has 5 rings (SSSR count). The second kappa shape index (κ2) is 14.2. The van der Waals surface area contributed by atoms with E-state index in [1.165, 1.54) is 12.1 Å². The molecule has 0 radical (unpaired) electrons. The van der Waals surface area contributed by atoms with Crippen LogP contribution in [0.2, 0.25) is 0 Å². The number of nitrogens with one attached hydrogen (secondary N) is 3. The zero-order chi connectivity index (χ0) is 33.8. The summed E-state index contributed by atoms with van der Waals surface area (Å²) in [6.45, 7) is 4.69. The van der Waals surface area contributed by atoms with Crippen LogP contribution in [-0.4, -0.2) is 62.1 Å². The van der Waals surface area contributed by atoms with Gasteiger partial charge >= 0.3 is 12.1 Å². The van der Waals surface area contributed by atoms with Crippen LogP contribution in [0.5, 0.6) is 0 Å². The Morgan fingerprint density at radius 3 is 2.51 bits per heavy atom. The van der Waals surface area contributed by atoms with E-state index >= 15 is 4.39 Å². The fourth-order valence-electron chi connectivity index (χ4n) is 6.12. The van der Waals surface area contributed by atoms with Gasteiger partial charge in [-0.2, -0.15) is 0 Å². The molecule has 4 aromatic rings. The van der Waals surface area contributed by atoms with Crippen molar-refractivity contribution in [3.05, 3.63) is 94.9 Å². The highest BCUT2D eigenvalue weighted by atomic mass is 32.2. The molecule has 1 amide bonds. The van der Waals surface area contributed by atoms with Gasteiger partial charge in [-0.15, -0.1) is 0 Å². The number of aromatic amines is 1. The summed E-state index contributed by atoms with van der Waals surface area (Å²) in [5.41, 5.74) is 2.50. The molecule has 47 heavy (non-hydrogen) atoms. The van der Waals surface area contributed by atoms with Gasteiger partial charge in [0, 0.05) is 41.9 Å². The van der Waals surface area contributed by atoms with E-state index < -0.39 is 39.1 Å². The van der Waals surface area contributed by atoms with Gasteiger partial charge in [-0.1, -0.05) is 60.7 Å². The minimum Gasteiger partial charge on any atom is -0.461 e. The summed E-state index contributed by atoms with van der Waals surface area (Å²) >= 11 is 0. The number of alkyl carbamates (subject to hydrolysis) is 1. The van der Waals surface area contributed by atoms with Crippen molar-refractivity contribution in [1.82, 2.24) is 15.6 Å². The highest BCUT2D eigenvalue weighted by molar-refractivity contribution is 7.89. The number of H-pyrrole nitrogens is 1. The second-order valence-electron chi connectivity index (χ2n) is 12.3. The van der Waals surface area contributed by atoms with Crippen LogP contribution in [0.1, 0.15) is 59.9 Å². The first-order valence-electron chi connectivity index (χ1n) is 15.5. The van der Waals surface area contributed by atoms with E-state index in [9.17, 15) is 23.1 Å². The molecule has 0 aliphatic heterocycles. The molecule has 4 N–H and O–H groups in total. The number of aliphatic hydroxyl groups is 1. The quantitative estimate of drug-likeness (QED) is 0.139. The molecule has 0 bridgehead atoms. The maximum atomic E-state index is 15.1. The number of amides is 1. The molecular formula is C35H40FN3O7S. The third-order valence-corrected chi connectivity index (χ3v) is 9.23. The first kappa shape index (κ1) is 34.1. The molecule has 1 fully saturated rings. The fourth-order valence-corrected chi connectivity index (χ4v) is 6.92. The van der Waals surface area contributed by atoms with Crippen LogP contribution in [0.4, 0.5) is 9.18 Å². The highest BCUT2D eigenvalue weighted by Gasteiger charge is 2.42. The SMILES string of the molecule is CCOC(=O)c1[nH]c2c(C(C)NCC3(O)CC(CNC(=O)OCc4ccccc4)C3)cccc2c1-c1ccc(CS(C)(=O)=O)c(F)c1. The summed E-state index contributed by atoms with van der Waals surface area (Å²) in [6.07, 6.45) is 1.57. The standard InChI is InChI=1S/C35H40FN3O7S/c1-4-45-33(40)32-30(25-13-14-26(29(36)15-25)20-47(3,43)44)28-12-8-11-27(31(28)39-32)22(2)38-21-35(42)16-24(17-35)18-37-34(41)46-19-23-9-6-5-7-10-23/h5-15,22,24,38-39,42H,4,16-21H2,1-3H3,(H,37,41). The summed E-state index contributed by atoms with van der Waals surface area (Å²) in [6, 6.07) is 19.0. The normalized spacial score (nSPS) is 18.4. The van der Waals surface area contributed by atoms with Gasteiger partial charge in [-0.25, -0.2) is 22.4 Å². The van der Waals surface area contributed by atoms with Gasteiger partial charge in [-0.05, 0) is 55.4 Å². The van der Waals surface area contributed by atoms with E-state index in [-0.39, 0.29) is 36.4 Å². The molecule has 10 nitrogen and oxygen atoms in total. The van der Waals surface area contributed by atoms with Crippen molar-refractivity contribution in [2.75, 3.05) is 26.0 Å². The number of halogens is 1. The van der Waals surface area contributed by atoms with Crippen LogP contribution >= 0.6 is 0 Å². The number of benzene rings is 3. The lowest BCUT2D eigenvalue weighted by atomic mass is 9.70. The first-order chi connectivity index (χ1) is 22.4. The lowest BCUT2D eigenvalue weighted by Gasteiger charge is -2.44. The van der Waals surface area contributed by atoms with E-state index in [1.807, 2.05) is 55.5 Å². The van der Waals surface area contributed by atoms with Crippen molar-refractivity contribution in [2.24, 2.45) is 5.92 Å². The summed E-state index contributed by atoms with van der Waals surface area (Å²) < 4.78 is 49.2. The lowest BCUT2D eigenvalue weighted by molar-refractivity contribution is -0.0712. The van der Waals surface area contributed by atoms with Gasteiger partial charge < -0.3 is 30.2 Å². The Labute approximate surface area is 273 Å². The average Bonchev–Trinajstić information content (AvgIpc) is 3.41. The summed E-state index contributed by atoms with van der Waals surface area (Å²) in [7, 11) is -3.45. The zero-order valence-corrected chi connectivity index (χ0v) is 27.5. The molecule has 1 aliphatic carbocycles. The Bertz CT molecular complexity index is 1850. The molecule has 250 valence electrons. The van der Waals surface area contributed by atoms with E-state index in [0.29, 0.717) is 48.0 Å². The molecular weight excluding hydrogens is 625 g/mol. The molecule has 0 spiro atoms. The van der Waals surface area contributed by atoms with Crippen molar-refractivity contribution in [2.45, 2.75) is 50.7 Å². The predicted molar refractivity (Wildman–Crippen MR) is 177 cm³/mol. The molecule has 1 atom stereocenters. The molecule has 3 aromatic carbocycles. The van der Waals surface area contributed by atoms with Gasteiger partial charge in [-0.3, -0.25) is 0 Å². The number of hydrogen-bond acceptors (Lipinski definition) is 8. The monoisotopic (exact) mass is 665 g/mol. The molecule has 1 aliphatic rings. The highest BCUT2D eigenvalue weighted by Crippen LogP contribution is 2.39. The van der Waals surface area contributed by atoms with Gasteiger partial charge in [0.05, 0.1) is 23.5 Å². The minimum atomic E-state index is -3.45. The van der Waals surface area contributed by atoms with Crippen molar-refractivity contribution >= 4 is 32.8 Å². The van der Waals surface area contributed by atoms with Crippen molar-refractivity contribution in [3.63, 3.8) is 0 Å². The Morgan fingerprint density at radius 2 is 1.83 bits per heavy atom. The van der Waals surface area contributed by atoms with Gasteiger partial charge in [0.2, 0.25) is 0 Å². The van der Waals surface area contributed by atoms with Crippen molar-refractivity contribution < 1.29 is 37.0 Å². The van der Waals surface area contributed by atoms with Crippen LogP contribution in [0.3, 0.4) is 0 Å². The van der Waals surface area contributed by atoms with Crippen molar-refractivity contribution in [1.29, 1.82) is 0 Å². The van der Waals surface area contributed by atoms with Crippen LogP contribution in [-0.2, 0) is 31.7 Å². The molecule has 0 saturated heterocycles.